The third kappa shape index (κ3) is 3.81. The number of aromatic nitrogens is 1. The van der Waals surface area contributed by atoms with Crippen LogP contribution in [-0.2, 0) is 4.74 Å². The summed E-state index contributed by atoms with van der Waals surface area (Å²) in [5.41, 5.74) is 2.41. The Morgan fingerprint density at radius 1 is 1.19 bits per heavy atom. The molecule has 5 rings (SSSR count). The molecular weight excluding hydrogens is 416 g/mol. The van der Waals surface area contributed by atoms with Crippen molar-refractivity contribution < 1.29 is 23.7 Å². The number of anilines is 1. The fourth-order valence-electron chi connectivity index (χ4n) is 3.95. The molecule has 2 aromatic carbocycles. The van der Waals surface area contributed by atoms with Gasteiger partial charge in [-0.15, -0.1) is 0 Å². The second-order valence-electron chi connectivity index (χ2n) is 7.67. The average molecular weight is 441 g/mol. The summed E-state index contributed by atoms with van der Waals surface area (Å²) in [6.07, 6.45) is 1.93. The molecule has 1 fully saturated rings. The Kier molecular flexibility index (Phi) is 5.41. The predicted octanol–water partition coefficient (Wildman–Crippen LogP) is 4.21. The van der Waals surface area contributed by atoms with E-state index in [1.807, 2.05) is 19.1 Å². The molecule has 1 atom stereocenters. The lowest BCUT2D eigenvalue weighted by Gasteiger charge is -2.24. The van der Waals surface area contributed by atoms with Crippen LogP contribution in [0.3, 0.4) is 0 Å². The van der Waals surface area contributed by atoms with Crippen LogP contribution in [0, 0.1) is 6.92 Å². The third-order valence-corrected chi connectivity index (χ3v) is 6.80. The Balaban J connectivity index is 1.55. The van der Waals surface area contributed by atoms with Gasteiger partial charge in [0, 0.05) is 12.2 Å². The quantitative estimate of drug-likeness (QED) is 0.592. The van der Waals surface area contributed by atoms with E-state index >= 15 is 0 Å². The highest BCUT2D eigenvalue weighted by molar-refractivity contribution is 7.22. The van der Waals surface area contributed by atoms with Gasteiger partial charge in [0.2, 0.25) is 0 Å². The lowest BCUT2D eigenvalue weighted by atomic mass is 10.1. The molecule has 8 heteroatoms. The summed E-state index contributed by atoms with van der Waals surface area (Å²) in [4.78, 5) is 20.2. The summed E-state index contributed by atoms with van der Waals surface area (Å²) < 4.78 is 23.6. The fraction of sp³-hybridized carbons (Fsp3) is 0.391. The van der Waals surface area contributed by atoms with Crippen molar-refractivity contribution in [3.05, 3.63) is 41.5 Å². The zero-order chi connectivity index (χ0) is 21.4. The van der Waals surface area contributed by atoms with E-state index in [4.69, 9.17) is 23.9 Å². The molecule has 0 N–H and O–H groups in total. The number of methoxy groups -OCH3 is 1. The number of fused-ring (bicyclic) bond motifs is 2. The van der Waals surface area contributed by atoms with E-state index < -0.39 is 0 Å². The van der Waals surface area contributed by atoms with Crippen molar-refractivity contribution in [1.82, 2.24) is 4.98 Å². The van der Waals surface area contributed by atoms with Crippen molar-refractivity contribution in [3.63, 3.8) is 0 Å². The molecule has 0 radical (unpaired) electrons. The van der Waals surface area contributed by atoms with Gasteiger partial charge in [-0.3, -0.25) is 9.69 Å². The molecule has 162 valence electrons. The largest absolute Gasteiger partial charge is 0.494 e. The Bertz CT molecular complexity index is 1120. The van der Waals surface area contributed by atoms with Crippen LogP contribution in [0.1, 0.15) is 28.8 Å². The van der Waals surface area contributed by atoms with Gasteiger partial charge in [0.05, 0.1) is 24.5 Å². The summed E-state index contributed by atoms with van der Waals surface area (Å²) in [5.74, 6) is 1.82. The van der Waals surface area contributed by atoms with E-state index in [0.29, 0.717) is 47.7 Å². The first kappa shape index (κ1) is 20.1. The Morgan fingerprint density at radius 2 is 2.03 bits per heavy atom. The maximum Gasteiger partial charge on any atom is 0.260 e. The minimum atomic E-state index is -0.136. The lowest BCUT2D eigenvalue weighted by Crippen LogP contribution is -2.37. The van der Waals surface area contributed by atoms with Crippen LogP contribution in [0.2, 0.25) is 0 Å². The van der Waals surface area contributed by atoms with Crippen molar-refractivity contribution in [1.29, 1.82) is 0 Å². The molecule has 1 unspecified atom stereocenters. The molecule has 2 aliphatic heterocycles. The van der Waals surface area contributed by atoms with Crippen LogP contribution >= 0.6 is 11.3 Å². The molecule has 1 aromatic heterocycles. The highest BCUT2D eigenvalue weighted by atomic mass is 32.1. The third-order valence-electron chi connectivity index (χ3n) is 5.59. The Morgan fingerprint density at radius 3 is 2.81 bits per heavy atom. The van der Waals surface area contributed by atoms with Gasteiger partial charge < -0.3 is 18.9 Å². The fourth-order valence-corrected chi connectivity index (χ4v) is 5.01. The molecule has 3 heterocycles. The Hall–Kier alpha value is -2.84. The van der Waals surface area contributed by atoms with Gasteiger partial charge in [0.1, 0.15) is 24.5 Å². The van der Waals surface area contributed by atoms with E-state index in [-0.39, 0.29) is 12.0 Å². The first-order chi connectivity index (χ1) is 15.1. The van der Waals surface area contributed by atoms with Crippen LogP contribution in [0.15, 0.2) is 30.3 Å². The smallest absolute Gasteiger partial charge is 0.260 e. The molecule has 3 aromatic rings. The van der Waals surface area contributed by atoms with Gasteiger partial charge in [0.25, 0.3) is 5.91 Å². The summed E-state index contributed by atoms with van der Waals surface area (Å²) in [5, 5.41) is 0.637. The van der Waals surface area contributed by atoms with Crippen molar-refractivity contribution in [2.45, 2.75) is 25.9 Å². The van der Waals surface area contributed by atoms with Crippen LogP contribution in [-0.4, -0.2) is 50.5 Å². The van der Waals surface area contributed by atoms with E-state index in [2.05, 4.69) is 0 Å². The molecule has 1 saturated heterocycles. The molecular formula is C23H24N2O5S. The maximum absolute atomic E-state index is 13.6. The molecule has 0 spiro atoms. The van der Waals surface area contributed by atoms with E-state index in [9.17, 15) is 4.79 Å². The zero-order valence-electron chi connectivity index (χ0n) is 17.6. The van der Waals surface area contributed by atoms with Crippen molar-refractivity contribution in [2.24, 2.45) is 0 Å². The topological polar surface area (TPSA) is 70.1 Å². The SMILES string of the molecule is COc1ccc(C)c2sc(N(CC3CCCO3)C(=O)c3ccc4c(c3)OCCO4)nc12. The standard InChI is InChI=1S/C23H24N2O5S/c1-14-5-7-18(27-2)20-21(14)31-23(24-20)25(13-16-4-3-9-28-16)22(26)15-6-8-17-19(12-15)30-11-10-29-17/h5-8,12,16H,3-4,9-11,13H2,1-2H3. The van der Waals surface area contributed by atoms with Gasteiger partial charge in [-0.25, -0.2) is 4.98 Å². The van der Waals surface area contributed by atoms with Gasteiger partial charge in [-0.2, -0.15) is 0 Å². The number of thiazole rings is 1. The van der Waals surface area contributed by atoms with Crippen LogP contribution < -0.4 is 19.1 Å². The normalized spacial score (nSPS) is 17.7. The van der Waals surface area contributed by atoms with Crippen LogP contribution in [0.5, 0.6) is 17.2 Å². The molecule has 31 heavy (non-hydrogen) atoms. The first-order valence-electron chi connectivity index (χ1n) is 10.4. The van der Waals surface area contributed by atoms with E-state index in [1.54, 1.807) is 30.2 Å². The number of benzene rings is 2. The van der Waals surface area contributed by atoms with E-state index in [0.717, 1.165) is 35.2 Å². The second kappa shape index (κ2) is 8.36. The Labute approximate surface area is 184 Å². The molecule has 0 aliphatic carbocycles. The first-order valence-corrected chi connectivity index (χ1v) is 11.2. The summed E-state index contributed by atoms with van der Waals surface area (Å²) in [6, 6.07) is 9.23. The van der Waals surface area contributed by atoms with Gasteiger partial charge in [-0.05, 0) is 49.6 Å². The molecule has 0 bridgehead atoms. The number of amides is 1. The number of carbonyl (C=O) groups is 1. The van der Waals surface area contributed by atoms with Crippen LogP contribution in [0.25, 0.3) is 10.2 Å². The number of carbonyl (C=O) groups excluding carboxylic acids is 1. The molecule has 1 amide bonds. The highest BCUT2D eigenvalue weighted by Crippen LogP contribution is 2.38. The van der Waals surface area contributed by atoms with Crippen molar-refractivity contribution in [3.8, 4) is 17.2 Å². The molecule has 0 saturated carbocycles. The number of aryl methyl sites for hydroxylation is 1. The number of rotatable bonds is 5. The van der Waals surface area contributed by atoms with Crippen LogP contribution in [0.4, 0.5) is 5.13 Å². The summed E-state index contributed by atoms with van der Waals surface area (Å²) >= 11 is 1.50. The predicted molar refractivity (Wildman–Crippen MR) is 119 cm³/mol. The second-order valence-corrected chi connectivity index (χ2v) is 8.65. The maximum atomic E-state index is 13.6. The minimum Gasteiger partial charge on any atom is -0.494 e. The van der Waals surface area contributed by atoms with Gasteiger partial charge in [0.15, 0.2) is 16.6 Å². The van der Waals surface area contributed by atoms with Gasteiger partial charge >= 0.3 is 0 Å². The van der Waals surface area contributed by atoms with Crippen molar-refractivity contribution in [2.75, 3.05) is 38.4 Å². The monoisotopic (exact) mass is 440 g/mol. The number of ether oxygens (including phenoxy) is 4. The summed E-state index contributed by atoms with van der Waals surface area (Å²) in [7, 11) is 1.63. The number of nitrogens with zero attached hydrogens (tertiary/aromatic N) is 2. The zero-order valence-corrected chi connectivity index (χ0v) is 18.4. The van der Waals surface area contributed by atoms with Crippen molar-refractivity contribution >= 4 is 32.6 Å². The van der Waals surface area contributed by atoms with E-state index in [1.165, 1.54) is 11.3 Å². The average Bonchev–Trinajstić information content (AvgIpc) is 3.47. The highest BCUT2D eigenvalue weighted by Gasteiger charge is 2.28. The number of hydrogen-bond acceptors (Lipinski definition) is 7. The molecule has 7 nitrogen and oxygen atoms in total. The minimum absolute atomic E-state index is 0.00355. The summed E-state index contributed by atoms with van der Waals surface area (Å²) in [6.45, 7) is 4.20. The number of hydrogen-bond donors (Lipinski definition) is 0. The lowest BCUT2D eigenvalue weighted by molar-refractivity contribution is 0.0916. The molecule has 2 aliphatic rings. The van der Waals surface area contributed by atoms with Gasteiger partial charge in [-0.1, -0.05) is 17.4 Å².